The first-order valence-electron chi connectivity index (χ1n) is 12.5. The molecule has 0 bridgehead atoms. The van der Waals surface area contributed by atoms with Crippen LogP contribution in [-0.2, 0) is 34.8 Å². The normalized spacial score (nSPS) is 14.8. The van der Waals surface area contributed by atoms with Crippen LogP contribution in [0.4, 0.5) is 5.69 Å². The molecule has 0 saturated carbocycles. The van der Waals surface area contributed by atoms with Crippen LogP contribution >= 0.6 is 0 Å². The number of para-hydroxylation sites is 1. The Balaban J connectivity index is 1.78. The molecule has 1 aliphatic heterocycles. The molecule has 0 unspecified atom stereocenters. The average molecular weight is 615 g/mol. The number of anilines is 1. The van der Waals surface area contributed by atoms with Crippen molar-refractivity contribution in [1.82, 2.24) is 4.31 Å². The molecule has 4 aromatic carbocycles. The summed E-state index contributed by atoms with van der Waals surface area (Å²) >= 11 is 0. The molecule has 0 radical (unpaired) electrons. The van der Waals surface area contributed by atoms with Crippen LogP contribution in [0.2, 0.25) is 0 Å². The van der Waals surface area contributed by atoms with E-state index in [0.29, 0.717) is 0 Å². The van der Waals surface area contributed by atoms with Gasteiger partial charge in [0, 0.05) is 13.1 Å². The van der Waals surface area contributed by atoms with Gasteiger partial charge in [0.15, 0.2) is 5.75 Å². The second-order valence-electron chi connectivity index (χ2n) is 8.89. The molecule has 1 fully saturated rings. The van der Waals surface area contributed by atoms with Crippen molar-refractivity contribution in [3.05, 3.63) is 109 Å². The van der Waals surface area contributed by atoms with E-state index in [0.717, 1.165) is 6.07 Å². The minimum atomic E-state index is -4.82. The summed E-state index contributed by atoms with van der Waals surface area (Å²) in [5.74, 6) is 0.0999. The Kier molecular flexibility index (Phi) is 8.16. The van der Waals surface area contributed by atoms with E-state index in [-0.39, 0.29) is 56.2 Å². The fraction of sp³-hybridized carbons (Fsp3) is 0.143. The van der Waals surface area contributed by atoms with E-state index < -0.39 is 35.8 Å². The number of hydrogen-bond donors (Lipinski definition) is 0. The fourth-order valence-corrected chi connectivity index (χ4v) is 9.37. The molecule has 0 aliphatic carbocycles. The highest BCUT2D eigenvalue weighted by molar-refractivity contribution is 8.10. The standard InChI is InChI=1S/C28H26N2O8S3/c31-39(32,29-18-20-37-21-19-29)26-16-17-28(38-23-10-4-1-5-11-23)27(22-26)30(40(33,34)24-12-6-2-7-13-24)41(35,36)25-14-8-3-9-15-25/h1-17,22H,18-21H2. The van der Waals surface area contributed by atoms with Crippen LogP contribution in [0.3, 0.4) is 0 Å². The first-order chi connectivity index (χ1) is 19.6. The zero-order chi connectivity index (χ0) is 29.1. The molecule has 4 aromatic rings. The highest BCUT2D eigenvalue weighted by Crippen LogP contribution is 2.41. The van der Waals surface area contributed by atoms with Gasteiger partial charge in [-0.05, 0) is 54.6 Å². The SMILES string of the molecule is O=S(=O)(c1ccc(Oc2ccccc2)c(N(S(=O)(=O)c2ccccc2)S(=O)(=O)c2ccccc2)c1)N1CCOCC1. The molecule has 10 nitrogen and oxygen atoms in total. The summed E-state index contributed by atoms with van der Waals surface area (Å²) < 4.78 is 96.4. The summed E-state index contributed by atoms with van der Waals surface area (Å²) in [6.07, 6.45) is 0. The van der Waals surface area contributed by atoms with Gasteiger partial charge in [-0.3, -0.25) is 0 Å². The van der Waals surface area contributed by atoms with Gasteiger partial charge in [-0.15, -0.1) is 0 Å². The van der Waals surface area contributed by atoms with E-state index in [1.807, 2.05) is 0 Å². The molecule has 5 rings (SSSR count). The molecule has 214 valence electrons. The Hall–Kier alpha value is -3.75. The maximum Gasteiger partial charge on any atom is 0.277 e. The van der Waals surface area contributed by atoms with E-state index in [9.17, 15) is 25.3 Å². The molecular formula is C28H26N2O8S3. The van der Waals surface area contributed by atoms with Crippen molar-refractivity contribution in [2.75, 3.05) is 30.0 Å². The number of rotatable bonds is 9. The minimum Gasteiger partial charge on any atom is -0.455 e. The number of hydrogen-bond acceptors (Lipinski definition) is 8. The lowest BCUT2D eigenvalue weighted by Gasteiger charge is -2.28. The van der Waals surface area contributed by atoms with Gasteiger partial charge in [0.1, 0.15) is 11.4 Å². The van der Waals surface area contributed by atoms with Crippen LogP contribution < -0.4 is 8.45 Å². The first-order valence-corrected chi connectivity index (χ1v) is 16.8. The lowest BCUT2D eigenvalue weighted by molar-refractivity contribution is 0.0730. The summed E-state index contributed by atoms with van der Waals surface area (Å²) in [7, 11) is -13.8. The molecule has 13 heteroatoms. The molecule has 0 aromatic heterocycles. The molecule has 1 aliphatic rings. The molecule has 41 heavy (non-hydrogen) atoms. The van der Waals surface area contributed by atoms with Crippen LogP contribution in [0.1, 0.15) is 0 Å². The molecule has 1 heterocycles. The number of nitrogens with zero attached hydrogens (tertiary/aromatic N) is 2. The van der Waals surface area contributed by atoms with Crippen LogP contribution in [0.25, 0.3) is 0 Å². The van der Waals surface area contributed by atoms with Crippen LogP contribution in [0.5, 0.6) is 11.5 Å². The molecule has 0 amide bonds. The van der Waals surface area contributed by atoms with Crippen LogP contribution in [-0.4, -0.2) is 55.9 Å². The minimum absolute atomic E-state index is 0.0915. The van der Waals surface area contributed by atoms with Crippen molar-refractivity contribution in [3.8, 4) is 11.5 Å². The van der Waals surface area contributed by atoms with Crippen LogP contribution in [0, 0.1) is 0 Å². The van der Waals surface area contributed by atoms with Gasteiger partial charge in [0.05, 0.1) is 27.9 Å². The second kappa shape index (κ2) is 11.6. The number of morpholine rings is 1. The summed E-state index contributed by atoms with van der Waals surface area (Å²) in [6.45, 7) is 0.568. The van der Waals surface area contributed by atoms with Crippen molar-refractivity contribution in [2.24, 2.45) is 0 Å². The van der Waals surface area contributed by atoms with Gasteiger partial charge in [-0.2, -0.15) is 8.02 Å². The summed E-state index contributed by atoms with van der Waals surface area (Å²) in [6, 6.07) is 25.9. The number of sulfonamides is 3. The Bertz CT molecular complexity index is 1760. The van der Waals surface area contributed by atoms with E-state index in [1.165, 1.54) is 65.0 Å². The molecule has 1 saturated heterocycles. The first kappa shape index (κ1) is 28.8. The number of ether oxygens (including phenoxy) is 2. The van der Waals surface area contributed by atoms with Crippen molar-refractivity contribution in [3.63, 3.8) is 0 Å². The zero-order valence-corrected chi connectivity index (χ0v) is 24.1. The fourth-order valence-electron chi connectivity index (χ4n) is 4.20. The maximum absolute atomic E-state index is 14.1. The lowest BCUT2D eigenvalue weighted by Crippen LogP contribution is -2.41. The maximum atomic E-state index is 14.1. The molecular weight excluding hydrogens is 589 g/mol. The monoisotopic (exact) mass is 614 g/mol. The van der Waals surface area contributed by atoms with Gasteiger partial charge in [-0.1, -0.05) is 54.6 Å². The largest absolute Gasteiger partial charge is 0.455 e. The Morgan fingerprint density at radius 2 is 1.10 bits per heavy atom. The van der Waals surface area contributed by atoms with E-state index in [1.54, 1.807) is 42.5 Å². The smallest absolute Gasteiger partial charge is 0.277 e. The quantitative estimate of drug-likeness (QED) is 0.276. The Morgan fingerprint density at radius 1 is 0.610 bits per heavy atom. The van der Waals surface area contributed by atoms with Crippen molar-refractivity contribution < 1.29 is 34.7 Å². The van der Waals surface area contributed by atoms with Gasteiger partial charge < -0.3 is 9.47 Å². The predicted octanol–water partition coefficient (Wildman–Crippen LogP) is 4.08. The summed E-state index contributed by atoms with van der Waals surface area (Å²) in [4.78, 5) is -0.926. The molecule has 0 N–H and O–H groups in total. The van der Waals surface area contributed by atoms with Gasteiger partial charge in [0.2, 0.25) is 10.0 Å². The summed E-state index contributed by atoms with van der Waals surface area (Å²) in [5.41, 5.74) is -0.490. The number of benzene rings is 4. The van der Waals surface area contributed by atoms with Gasteiger partial charge in [-0.25, -0.2) is 25.3 Å². The lowest BCUT2D eigenvalue weighted by atomic mass is 10.3. The predicted molar refractivity (Wildman–Crippen MR) is 152 cm³/mol. The van der Waals surface area contributed by atoms with Gasteiger partial charge >= 0.3 is 0 Å². The van der Waals surface area contributed by atoms with E-state index in [4.69, 9.17) is 9.47 Å². The zero-order valence-electron chi connectivity index (χ0n) is 21.6. The van der Waals surface area contributed by atoms with Gasteiger partial charge in [0.25, 0.3) is 20.0 Å². The topological polar surface area (TPSA) is 127 Å². The van der Waals surface area contributed by atoms with E-state index >= 15 is 0 Å². The second-order valence-corrected chi connectivity index (χ2v) is 14.6. The Morgan fingerprint density at radius 3 is 1.61 bits per heavy atom. The average Bonchev–Trinajstić information content (AvgIpc) is 2.99. The van der Waals surface area contributed by atoms with Crippen molar-refractivity contribution >= 4 is 35.8 Å². The Labute approximate surface area is 239 Å². The highest BCUT2D eigenvalue weighted by atomic mass is 32.3. The third-order valence-electron chi connectivity index (χ3n) is 6.22. The van der Waals surface area contributed by atoms with Crippen molar-refractivity contribution in [1.29, 1.82) is 0 Å². The van der Waals surface area contributed by atoms with Crippen molar-refractivity contribution in [2.45, 2.75) is 14.7 Å². The molecule has 0 spiro atoms. The van der Waals surface area contributed by atoms with E-state index in [2.05, 4.69) is 0 Å². The summed E-state index contributed by atoms with van der Waals surface area (Å²) in [5, 5.41) is 0. The third-order valence-corrected chi connectivity index (χ3v) is 12.3. The highest BCUT2D eigenvalue weighted by Gasteiger charge is 2.40. The molecule has 0 atom stereocenters. The van der Waals surface area contributed by atoms with Crippen LogP contribution in [0.15, 0.2) is 124 Å². The third kappa shape index (κ3) is 5.85.